The van der Waals surface area contributed by atoms with Crippen molar-refractivity contribution in [2.24, 2.45) is 0 Å². The molecule has 1 N–H and O–H groups in total. The molecule has 0 amide bonds. The summed E-state index contributed by atoms with van der Waals surface area (Å²) in [4.78, 5) is 0. The Morgan fingerprint density at radius 2 is 2.05 bits per heavy atom. The molecule has 3 nitrogen and oxygen atoms in total. The molecule has 2 aromatic rings. The number of aryl methyl sites for hydroxylation is 1. The number of halogens is 2. The summed E-state index contributed by atoms with van der Waals surface area (Å²) in [6, 6.07) is 5.73. The van der Waals surface area contributed by atoms with Crippen LogP contribution in [-0.2, 0) is 0 Å². The number of rotatable bonds is 3. The monoisotopic (exact) mass is 342 g/mol. The Labute approximate surface area is 126 Å². The van der Waals surface area contributed by atoms with Crippen LogP contribution in [0.3, 0.4) is 0 Å². The Morgan fingerprint density at radius 1 is 1.37 bits per heavy atom. The summed E-state index contributed by atoms with van der Waals surface area (Å²) in [6.07, 6.45) is 0.983. The highest BCUT2D eigenvalue weighted by atomic mass is 79.9. The molecule has 0 aliphatic rings. The van der Waals surface area contributed by atoms with Crippen LogP contribution in [-0.4, -0.2) is 14.9 Å². The van der Waals surface area contributed by atoms with E-state index < -0.39 is 6.10 Å². The molecule has 1 unspecified atom stereocenters. The third-order valence-corrected chi connectivity index (χ3v) is 4.07. The van der Waals surface area contributed by atoms with Crippen molar-refractivity contribution in [1.82, 2.24) is 9.78 Å². The van der Waals surface area contributed by atoms with E-state index in [0.717, 1.165) is 21.3 Å². The molecule has 0 radical (unpaired) electrons. The third kappa shape index (κ3) is 2.86. The van der Waals surface area contributed by atoms with Crippen molar-refractivity contribution < 1.29 is 5.11 Å². The summed E-state index contributed by atoms with van der Waals surface area (Å²) < 4.78 is 2.62. The van der Waals surface area contributed by atoms with Gasteiger partial charge in [0.2, 0.25) is 0 Å². The summed E-state index contributed by atoms with van der Waals surface area (Å²) in [5, 5.41) is 15.6. The van der Waals surface area contributed by atoms with E-state index in [0.29, 0.717) is 5.02 Å². The minimum Gasteiger partial charge on any atom is -0.382 e. The standard InChI is InChI=1S/C14H16BrClN2O/c1-8(2)18-13(11(15)7-17-18)14(19)10-4-5-12(16)9(3)6-10/h4-8,14,19H,1-3H3. The van der Waals surface area contributed by atoms with Crippen LogP contribution in [0.2, 0.25) is 5.02 Å². The normalized spacial score (nSPS) is 13.0. The minimum atomic E-state index is -0.727. The van der Waals surface area contributed by atoms with Crippen LogP contribution >= 0.6 is 27.5 Å². The van der Waals surface area contributed by atoms with Crippen molar-refractivity contribution in [2.45, 2.75) is 32.9 Å². The molecule has 0 fully saturated rings. The maximum absolute atomic E-state index is 10.6. The van der Waals surface area contributed by atoms with Gasteiger partial charge in [-0.1, -0.05) is 23.7 Å². The Bertz CT molecular complexity index is 595. The van der Waals surface area contributed by atoms with Gasteiger partial charge in [0.05, 0.1) is 16.4 Å². The summed E-state index contributed by atoms with van der Waals surface area (Å²) in [5.74, 6) is 0. The Hall–Kier alpha value is -0.840. The first kappa shape index (κ1) is 14.6. The van der Waals surface area contributed by atoms with Crippen molar-refractivity contribution >= 4 is 27.5 Å². The summed E-state index contributed by atoms with van der Waals surface area (Å²) in [7, 11) is 0. The zero-order valence-corrected chi connectivity index (χ0v) is 13.4. The van der Waals surface area contributed by atoms with Crippen LogP contribution in [0.5, 0.6) is 0 Å². The van der Waals surface area contributed by atoms with Crippen LogP contribution in [0.25, 0.3) is 0 Å². The van der Waals surface area contributed by atoms with Gasteiger partial charge in [-0.15, -0.1) is 0 Å². The molecule has 0 bridgehead atoms. The van der Waals surface area contributed by atoms with Crippen LogP contribution in [0.4, 0.5) is 0 Å². The Kier molecular flexibility index (Phi) is 4.33. The van der Waals surface area contributed by atoms with Crippen LogP contribution < -0.4 is 0 Å². The lowest BCUT2D eigenvalue weighted by molar-refractivity contribution is 0.204. The molecule has 0 saturated carbocycles. The van der Waals surface area contributed by atoms with E-state index in [1.807, 2.05) is 37.6 Å². The van der Waals surface area contributed by atoms with Crippen molar-refractivity contribution in [3.05, 3.63) is 50.7 Å². The number of aromatic nitrogens is 2. The minimum absolute atomic E-state index is 0.185. The summed E-state index contributed by atoms with van der Waals surface area (Å²) in [5.41, 5.74) is 2.52. The molecule has 0 saturated heterocycles. The second-order valence-corrected chi connectivity index (χ2v) is 6.09. The van der Waals surface area contributed by atoms with Crippen LogP contribution in [0, 0.1) is 6.92 Å². The lowest BCUT2D eigenvalue weighted by atomic mass is 10.0. The highest BCUT2D eigenvalue weighted by Crippen LogP contribution is 2.31. The summed E-state index contributed by atoms with van der Waals surface area (Å²) in [6.45, 7) is 5.99. The molecule has 5 heteroatoms. The molecule has 102 valence electrons. The number of hydrogen-bond donors (Lipinski definition) is 1. The number of hydrogen-bond acceptors (Lipinski definition) is 2. The fraction of sp³-hybridized carbons (Fsp3) is 0.357. The maximum atomic E-state index is 10.6. The molecule has 1 atom stereocenters. The first-order chi connectivity index (χ1) is 8.91. The first-order valence-corrected chi connectivity index (χ1v) is 7.26. The molecular formula is C14H16BrClN2O. The van der Waals surface area contributed by atoms with Gasteiger partial charge in [-0.25, -0.2) is 0 Å². The van der Waals surface area contributed by atoms with Gasteiger partial charge in [0.15, 0.2) is 0 Å². The average molecular weight is 344 g/mol. The Morgan fingerprint density at radius 3 is 2.63 bits per heavy atom. The lowest BCUT2D eigenvalue weighted by Crippen LogP contribution is -2.12. The van der Waals surface area contributed by atoms with Crippen molar-refractivity contribution in [1.29, 1.82) is 0 Å². The molecule has 0 aliphatic heterocycles. The van der Waals surface area contributed by atoms with E-state index in [9.17, 15) is 5.11 Å². The zero-order valence-electron chi connectivity index (χ0n) is 11.1. The van der Waals surface area contributed by atoms with Crippen molar-refractivity contribution in [2.75, 3.05) is 0 Å². The number of benzene rings is 1. The van der Waals surface area contributed by atoms with Gasteiger partial charge < -0.3 is 5.11 Å². The maximum Gasteiger partial charge on any atom is 0.122 e. The molecule has 1 aromatic carbocycles. The predicted molar refractivity (Wildman–Crippen MR) is 80.6 cm³/mol. The molecular weight excluding hydrogens is 328 g/mol. The van der Waals surface area contributed by atoms with E-state index in [4.69, 9.17) is 11.6 Å². The SMILES string of the molecule is Cc1cc(C(O)c2c(Br)cnn2C(C)C)ccc1Cl. The van der Waals surface area contributed by atoms with Gasteiger partial charge in [0.25, 0.3) is 0 Å². The summed E-state index contributed by atoms with van der Waals surface area (Å²) >= 11 is 9.46. The lowest BCUT2D eigenvalue weighted by Gasteiger charge is -2.17. The topological polar surface area (TPSA) is 38.1 Å². The molecule has 0 spiro atoms. The fourth-order valence-corrected chi connectivity index (χ4v) is 2.62. The second kappa shape index (κ2) is 5.65. The van der Waals surface area contributed by atoms with Gasteiger partial charge in [0, 0.05) is 11.1 Å². The van der Waals surface area contributed by atoms with Gasteiger partial charge in [-0.05, 0) is 53.9 Å². The van der Waals surface area contributed by atoms with E-state index in [-0.39, 0.29) is 6.04 Å². The highest BCUT2D eigenvalue weighted by Gasteiger charge is 2.21. The van der Waals surface area contributed by atoms with E-state index in [1.165, 1.54) is 0 Å². The van der Waals surface area contributed by atoms with E-state index >= 15 is 0 Å². The van der Waals surface area contributed by atoms with Crippen molar-refractivity contribution in [3.63, 3.8) is 0 Å². The first-order valence-electron chi connectivity index (χ1n) is 6.08. The quantitative estimate of drug-likeness (QED) is 0.903. The molecule has 1 heterocycles. The highest BCUT2D eigenvalue weighted by molar-refractivity contribution is 9.10. The van der Waals surface area contributed by atoms with Gasteiger partial charge in [0.1, 0.15) is 6.10 Å². The third-order valence-electron chi connectivity index (χ3n) is 3.03. The van der Waals surface area contributed by atoms with Crippen molar-refractivity contribution in [3.8, 4) is 0 Å². The number of aliphatic hydroxyl groups excluding tert-OH is 1. The largest absolute Gasteiger partial charge is 0.382 e. The number of nitrogens with zero attached hydrogens (tertiary/aromatic N) is 2. The van der Waals surface area contributed by atoms with Gasteiger partial charge in [-0.3, -0.25) is 4.68 Å². The average Bonchev–Trinajstić information content (AvgIpc) is 2.74. The van der Waals surface area contributed by atoms with Gasteiger partial charge in [-0.2, -0.15) is 5.10 Å². The van der Waals surface area contributed by atoms with Crippen LogP contribution in [0.15, 0.2) is 28.9 Å². The zero-order chi connectivity index (χ0) is 14.2. The van der Waals surface area contributed by atoms with E-state index in [1.54, 1.807) is 12.3 Å². The number of aliphatic hydroxyl groups is 1. The molecule has 0 aliphatic carbocycles. The predicted octanol–water partition coefficient (Wildman–Crippen LogP) is 4.27. The molecule has 19 heavy (non-hydrogen) atoms. The molecule has 1 aromatic heterocycles. The van der Waals surface area contributed by atoms with Gasteiger partial charge >= 0.3 is 0 Å². The smallest absolute Gasteiger partial charge is 0.122 e. The molecule has 2 rings (SSSR count). The fourth-order valence-electron chi connectivity index (χ4n) is 2.01. The second-order valence-electron chi connectivity index (χ2n) is 4.83. The van der Waals surface area contributed by atoms with E-state index in [2.05, 4.69) is 21.0 Å². The Balaban J connectivity index is 2.46. The van der Waals surface area contributed by atoms with Crippen LogP contribution in [0.1, 0.15) is 42.8 Å².